The summed E-state index contributed by atoms with van der Waals surface area (Å²) >= 11 is 3.24. The fraction of sp³-hybridized carbons (Fsp3) is 0.400. The molecule has 1 aromatic carbocycles. The lowest BCUT2D eigenvalue weighted by Crippen LogP contribution is -2.10. The summed E-state index contributed by atoms with van der Waals surface area (Å²) in [4.78, 5) is 0.186. The van der Waals surface area contributed by atoms with Gasteiger partial charge in [-0.25, -0.2) is 0 Å². The first kappa shape index (κ1) is 12.7. The molecule has 0 saturated heterocycles. The third kappa shape index (κ3) is 3.93. The second-order valence-corrected chi connectivity index (χ2v) is 6.12. The van der Waals surface area contributed by atoms with E-state index in [1.165, 1.54) is 12.1 Å². The molecule has 0 spiro atoms. The molecule has 0 heterocycles. The second kappa shape index (κ2) is 5.09. The summed E-state index contributed by atoms with van der Waals surface area (Å²) in [7, 11) is -3.59. The Bertz CT molecular complexity index is 409. The number of hydrogen-bond donors (Lipinski definition) is 0. The highest BCUT2D eigenvalue weighted by Gasteiger charge is 2.15. The molecule has 0 unspecified atom stereocenters. The molecule has 0 amide bonds. The van der Waals surface area contributed by atoms with Crippen molar-refractivity contribution in [3.63, 3.8) is 0 Å². The van der Waals surface area contributed by atoms with E-state index in [1.54, 1.807) is 12.1 Å². The zero-order valence-corrected chi connectivity index (χ0v) is 11.0. The Morgan fingerprint density at radius 2 is 1.80 bits per heavy atom. The maximum atomic E-state index is 11.6. The molecule has 0 bridgehead atoms. The average molecular weight is 293 g/mol. The van der Waals surface area contributed by atoms with E-state index in [4.69, 9.17) is 4.18 Å². The van der Waals surface area contributed by atoms with Crippen LogP contribution < -0.4 is 0 Å². The molecule has 84 valence electrons. The van der Waals surface area contributed by atoms with Gasteiger partial charge in [0.05, 0.1) is 11.5 Å². The van der Waals surface area contributed by atoms with Gasteiger partial charge >= 0.3 is 0 Å². The van der Waals surface area contributed by atoms with Gasteiger partial charge in [0.2, 0.25) is 0 Å². The van der Waals surface area contributed by atoms with Crippen molar-refractivity contribution in [2.75, 3.05) is 6.61 Å². The first-order chi connectivity index (χ1) is 6.92. The minimum Gasteiger partial charge on any atom is -0.266 e. The van der Waals surface area contributed by atoms with Crippen molar-refractivity contribution in [2.24, 2.45) is 5.92 Å². The second-order valence-electron chi connectivity index (χ2n) is 3.59. The van der Waals surface area contributed by atoms with Crippen molar-refractivity contribution in [2.45, 2.75) is 18.7 Å². The maximum Gasteiger partial charge on any atom is 0.296 e. The van der Waals surface area contributed by atoms with Crippen molar-refractivity contribution in [3.05, 3.63) is 28.7 Å². The highest BCUT2D eigenvalue weighted by atomic mass is 79.9. The summed E-state index contributed by atoms with van der Waals surface area (Å²) in [6.07, 6.45) is 0. The lowest BCUT2D eigenvalue weighted by Gasteiger charge is -2.07. The predicted octanol–water partition coefficient (Wildman–Crippen LogP) is 2.81. The first-order valence-electron chi connectivity index (χ1n) is 4.57. The Hall–Kier alpha value is -0.390. The molecule has 0 N–H and O–H groups in total. The summed E-state index contributed by atoms with van der Waals surface area (Å²) < 4.78 is 28.9. The highest BCUT2D eigenvalue weighted by molar-refractivity contribution is 9.10. The van der Waals surface area contributed by atoms with E-state index in [0.717, 1.165) is 4.47 Å². The monoisotopic (exact) mass is 292 g/mol. The molecule has 0 aliphatic heterocycles. The molecule has 3 nitrogen and oxygen atoms in total. The standard InChI is InChI=1S/C10H13BrO3S/c1-8(2)7-14-15(12,13)10-5-3-9(11)4-6-10/h3-6,8H,7H2,1-2H3. The fourth-order valence-electron chi connectivity index (χ4n) is 0.895. The van der Waals surface area contributed by atoms with Gasteiger partial charge in [0.25, 0.3) is 10.1 Å². The number of hydrogen-bond acceptors (Lipinski definition) is 3. The normalized spacial score (nSPS) is 12.0. The molecular weight excluding hydrogens is 280 g/mol. The van der Waals surface area contributed by atoms with Crippen LogP contribution in [-0.4, -0.2) is 15.0 Å². The molecule has 1 aromatic rings. The predicted molar refractivity (Wildman–Crippen MR) is 62.1 cm³/mol. The molecule has 15 heavy (non-hydrogen) atoms. The smallest absolute Gasteiger partial charge is 0.266 e. The summed E-state index contributed by atoms with van der Waals surface area (Å²) in [5, 5.41) is 0. The van der Waals surface area contributed by atoms with Crippen molar-refractivity contribution >= 4 is 26.0 Å². The van der Waals surface area contributed by atoms with Crippen LogP contribution in [0.25, 0.3) is 0 Å². The first-order valence-corrected chi connectivity index (χ1v) is 6.77. The maximum absolute atomic E-state index is 11.6. The zero-order chi connectivity index (χ0) is 11.5. The van der Waals surface area contributed by atoms with E-state index >= 15 is 0 Å². The molecule has 0 aliphatic carbocycles. The lowest BCUT2D eigenvalue weighted by molar-refractivity contribution is 0.275. The third-order valence-electron chi connectivity index (χ3n) is 1.66. The van der Waals surface area contributed by atoms with Gasteiger partial charge in [0.15, 0.2) is 0 Å². The molecule has 1 rings (SSSR count). The third-order valence-corrected chi connectivity index (χ3v) is 3.48. The molecule has 0 aromatic heterocycles. The van der Waals surface area contributed by atoms with E-state index in [0.29, 0.717) is 0 Å². The fourth-order valence-corrected chi connectivity index (χ4v) is 2.22. The molecule has 0 aliphatic rings. The lowest BCUT2D eigenvalue weighted by atomic mass is 10.2. The SMILES string of the molecule is CC(C)COS(=O)(=O)c1ccc(Br)cc1. The minimum absolute atomic E-state index is 0.186. The Morgan fingerprint density at radius 1 is 1.27 bits per heavy atom. The molecule has 0 radical (unpaired) electrons. The topological polar surface area (TPSA) is 43.4 Å². The summed E-state index contributed by atoms with van der Waals surface area (Å²) in [6, 6.07) is 6.37. The van der Waals surface area contributed by atoms with Gasteiger partial charge in [0, 0.05) is 4.47 Å². The molecule has 0 atom stereocenters. The summed E-state index contributed by atoms with van der Waals surface area (Å²) in [5.41, 5.74) is 0. The van der Waals surface area contributed by atoms with Crippen molar-refractivity contribution in [1.29, 1.82) is 0 Å². The van der Waals surface area contributed by atoms with E-state index in [1.807, 2.05) is 13.8 Å². The van der Waals surface area contributed by atoms with E-state index in [2.05, 4.69) is 15.9 Å². The van der Waals surface area contributed by atoms with Crippen LogP contribution in [-0.2, 0) is 14.3 Å². The van der Waals surface area contributed by atoms with Crippen LogP contribution >= 0.6 is 15.9 Å². The van der Waals surface area contributed by atoms with Gasteiger partial charge in [-0.15, -0.1) is 0 Å². The zero-order valence-electron chi connectivity index (χ0n) is 8.60. The van der Waals surface area contributed by atoms with Gasteiger partial charge in [-0.1, -0.05) is 29.8 Å². The summed E-state index contributed by atoms with van der Waals surface area (Å²) in [6.45, 7) is 4.01. The Morgan fingerprint density at radius 3 is 2.27 bits per heavy atom. The number of benzene rings is 1. The van der Waals surface area contributed by atoms with Crippen LogP contribution in [0, 0.1) is 5.92 Å². The van der Waals surface area contributed by atoms with Crippen LogP contribution in [0.5, 0.6) is 0 Å². The van der Waals surface area contributed by atoms with Crippen LogP contribution in [0.1, 0.15) is 13.8 Å². The average Bonchev–Trinajstić information content (AvgIpc) is 2.16. The largest absolute Gasteiger partial charge is 0.296 e. The number of halogens is 1. The molecule has 0 saturated carbocycles. The molecule has 0 fully saturated rings. The van der Waals surface area contributed by atoms with Crippen LogP contribution in [0.3, 0.4) is 0 Å². The van der Waals surface area contributed by atoms with Crippen molar-refractivity contribution < 1.29 is 12.6 Å². The van der Waals surface area contributed by atoms with Crippen molar-refractivity contribution in [1.82, 2.24) is 0 Å². The van der Waals surface area contributed by atoms with Gasteiger partial charge in [0.1, 0.15) is 0 Å². The van der Waals surface area contributed by atoms with Gasteiger partial charge in [-0.05, 0) is 30.2 Å². The van der Waals surface area contributed by atoms with E-state index in [-0.39, 0.29) is 17.4 Å². The van der Waals surface area contributed by atoms with Gasteiger partial charge in [-0.2, -0.15) is 8.42 Å². The Kier molecular flexibility index (Phi) is 4.31. The van der Waals surface area contributed by atoms with Gasteiger partial charge < -0.3 is 0 Å². The van der Waals surface area contributed by atoms with Crippen LogP contribution in [0.15, 0.2) is 33.6 Å². The Labute approximate surface area is 98.7 Å². The van der Waals surface area contributed by atoms with Crippen LogP contribution in [0.4, 0.5) is 0 Å². The number of rotatable bonds is 4. The van der Waals surface area contributed by atoms with E-state index in [9.17, 15) is 8.42 Å². The highest BCUT2D eigenvalue weighted by Crippen LogP contribution is 2.17. The van der Waals surface area contributed by atoms with Gasteiger partial charge in [-0.3, -0.25) is 4.18 Å². The molecule has 5 heteroatoms. The van der Waals surface area contributed by atoms with E-state index < -0.39 is 10.1 Å². The Balaban J connectivity index is 2.82. The minimum atomic E-state index is -3.59. The summed E-state index contributed by atoms with van der Waals surface area (Å²) in [5.74, 6) is 0.190. The van der Waals surface area contributed by atoms with Crippen LogP contribution in [0.2, 0.25) is 0 Å². The van der Waals surface area contributed by atoms with Crippen molar-refractivity contribution in [3.8, 4) is 0 Å². The molecular formula is C10H13BrO3S. The quantitative estimate of drug-likeness (QED) is 0.802.